The highest BCUT2D eigenvalue weighted by Gasteiger charge is 2.15. The number of aromatic nitrogens is 2. The van der Waals surface area contributed by atoms with E-state index in [9.17, 15) is 0 Å². The lowest BCUT2D eigenvalue weighted by molar-refractivity contribution is 1.02. The number of rotatable bonds is 0. The zero-order chi connectivity index (χ0) is 18.5. The van der Waals surface area contributed by atoms with Crippen molar-refractivity contribution in [2.24, 2.45) is 7.05 Å². The maximum atomic E-state index is 3.62. The molecule has 6 rings (SSSR count). The van der Waals surface area contributed by atoms with Gasteiger partial charge >= 0.3 is 0 Å². The number of fused-ring (bicyclic) bond motifs is 8. The third-order valence-corrected chi connectivity index (χ3v) is 5.49. The van der Waals surface area contributed by atoms with E-state index in [0.29, 0.717) is 0 Å². The molecule has 0 aliphatic heterocycles. The van der Waals surface area contributed by atoms with Gasteiger partial charge in [-0.05, 0) is 35.0 Å². The van der Waals surface area contributed by atoms with Gasteiger partial charge in [-0.3, -0.25) is 0 Å². The summed E-state index contributed by atoms with van der Waals surface area (Å²) in [4.78, 5) is 3.62. The normalized spacial score (nSPS) is 11.5. The van der Waals surface area contributed by atoms with Crippen LogP contribution in [-0.2, 0) is 7.05 Å². The fraction of sp³-hybridized carbons (Fsp3) is 0.120. The number of H-pyrrole nitrogens is 1. The Morgan fingerprint density at radius 1 is 0.667 bits per heavy atom. The summed E-state index contributed by atoms with van der Waals surface area (Å²) < 4.78 is 2.33. The second kappa shape index (κ2) is 5.88. The summed E-state index contributed by atoms with van der Waals surface area (Å²) in [6.45, 7) is 4.00. The summed E-state index contributed by atoms with van der Waals surface area (Å²) in [6.07, 6.45) is 0. The number of hydrogen-bond acceptors (Lipinski definition) is 0. The molecule has 27 heavy (non-hydrogen) atoms. The quantitative estimate of drug-likeness (QED) is 0.300. The van der Waals surface area contributed by atoms with E-state index >= 15 is 0 Å². The summed E-state index contributed by atoms with van der Waals surface area (Å²) in [5.74, 6) is 0. The fourth-order valence-electron chi connectivity index (χ4n) is 4.34. The lowest BCUT2D eigenvalue weighted by Crippen LogP contribution is -1.86. The van der Waals surface area contributed by atoms with Gasteiger partial charge in [-0.1, -0.05) is 62.4 Å². The van der Waals surface area contributed by atoms with Gasteiger partial charge in [0.2, 0.25) is 0 Å². The van der Waals surface area contributed by atoms with Crippen molar-refractivity contribution >= 4 is 54.4 Å². The van der Waals surface area contributed by atoms with E-state index in [1.807, 2.05) is 13.8 Å². The third-order valence-electron chi connectivity index (χ3n) is 5.49. The van der Waals surface area contributed by atoms with Crippen LogP contribution < -0.4 is 0 Å². The highest BCUT2D eigenvalue weighted by molar-refractivity contribution is 6.25. The Balaban J connectivity index is 0.000000777. The predicted molar refractivity (Wildman–Crippen MR) is 119 cm³/mol. The molecule has 2 heteroatoms. The van der Waals surface area contributed by atoms with Crippen LogP contribution in [-0.4, -0.2) is 9.55 Å². The molecular formula is C25H22N2. The van der Waals surface area contributed by atoms with Crippen LogP contribution in [0.3, 0.4) is 0 Å². The van der Waals surface area contributed by atoms with Crippen molar-refractivity contribution in [3.63, 3.8) is 0 Å². The lowest BCUT2D eigenvalue weighted by Gasteiger charge is -2.02. The monoisotopic (exact) mass is 350 g/mol. The first-order chi connectivity index (χ1) is 13.3. The van der Waals surface area contributed by atoms with Crippen LogP contribution in [0.2, 0.25) is 0 Å². The standard InChI is InChI=1S/C23H16N2.C2H6/c1-25-21-9-5-4-8-16(21)17-10-11-19-22(23(17)25)18-12-14-6-2-3-7-15(14)13-20(18)24-19;1-2/h2-13,24H,1H3;1-2H3. The molecular weight excluding hydrogens is 328 g/mol. The molecule has 0 saturated carbocycles. The van der Waals surface area contributed by atoms with Gasteiger partial charge < -0.3 is 9.55 Å². The minimum absolute atomic E-state index is 1.20. The highest BCUT2D eigenvalue weighted by Crippen LogP contribution is 2.38. The highest BCUT2D eigenvalue weighted by atomic mass is 14.9. The predicted octanol–water partition coefficient (Wildman–Crippen LogP) is 7.15. The van der Waals surface area contributed by atoms with E-state index in [-0.39, 0.29) is 0 Å². The van der Waals surface area contributed by atoms with Crippen LogP contribution in [0.15, 0.2) is 72.8 Å². The van der Waals surface area contributed by atoms with E-state index in [1.54, 1.807) is 0 Å². The largest absolute Gasteiger partial charge is 0.354 e. The molecule has 0 spiro atoms. The molecule has 0 saturated heterocycles. The Kier molecular flexibility index (Phi) is 3.48. The van der Waals surface area contributed by atoms with Crippen LogP contribution in [0.5, 0.6) is 0 Å². The van der Waals surface area contributed by atoms with Crippen LogP contribution in [0, 0.1) is 0 Å². The van der Waals surface area contributed by atoms with Gasteiger partial charge in [0.05, 0.1) is 5.52 Å². The molecule has 0 bridgehead atoms. The Hall–Kier alpha value is -3.26. The molecule has 0 atom stereocenters. The van der Waals surface area contributed by atoms with E-state index in [1.165, 1.54) is 54.4 Å². The molecule has 2 heterocycles. The van der Waals surface area contributed by atoms with Crippen molar-refractivity contribution in [2.75, 3.05) is 0 Å². The van der Waals surface area contributed by atoms with Crippen LogP contribution >= 0.6 is 0 Å². The van der Waals surface area contributed by atoms with E-state index in [4.69, 9.17) is 0 Å². The summed E-state index contributed by atoms with van der Waals surface area (Å²) in [7, 11) is 2.17. The van der Waals surface area contributed by atoms with Crippen LogP contribution in [0.4, 0.5) is 0 Å². The number of hydrogen-bond donors (Lipinski definition) is 1. The second-order valence-corrected chi connectivity index (χ2v) is 6.83. The molecule has 1 N–H and O–H groups in total. The van der Waals surface area contributed by atoms with Gasteiger partial charge in [0.15, 0.2) is 0 Å². The molecule has 0 amide bonds. The fourth-order valence-corrected chi connectivity index (χ4v) is 4.34. The number of benzene rings is 4. The van der Waals surface area contributed by atoms with Crippen LogP contribution in [0.25, 0.3) is 54.4 Å². The molecule has 0 aliphatic carbocycles. The number of aryl methyl sites for hydroxylation is 1. The average Bonchev–Trinajstić information content (AvgIpc) is 3.23. The first kappa shape index (κ1) is 16.0. The van der Waals surface area contributed by atoms with Gasteiger partial charge in [-0.2, -0.15) is 0 Å². The van der Waals surface area contributed by atoms with Gasteiger partial charge in [-0.25, -0.2) is 0 Å². The van der Waals surface area contributed by atoms with Crippen molar-refractivity contribution < 1.29 is 0 Å². The second-order valence-electron chi connectivity index (χ2n) is 6.83. The minimum atomic E-state index is 1.20. The molecule has 0 radical (unpaired) electrons. The van der Waals surface area contributed by atoms with Gasteiger partial charge in [0.25, 0.3) is 0 Å². The maximum absolute atomic E-state index is 3.62. The zero-order valence-electron chi connectivity index (χ0n) is 15.9. The minimum Gasteiger partial charge on any atom is -0.354 e. The zero-order valence-corrected chi connectivity index (χ0v) is 15.9. The van der Waals surface area contributed by atoms with Gasteiger partial charge in [0, 0.05) is 45.1 Å². The van der Waals surface area contributed by atoms with Crippen molar-refractivity contribution in [3.05, 3.63) is 72.8 Å². The molecule has 2 aromatic heterocycles. The van der Waals surface area contributed by atoms with E-state index in [2.05, 4.69) is 89.4 Å². The smallest absolute Gasteiger partial charge is 0.0590 e. The molecule has 132 valence electrons. The number of para-hydroxylation sites is 1. The molecule has 4 aromatic carbocycles. The first-order valence-corrected chi connectivity index (χ1v) is 9.61. The maximum Gasteiger partial charge on any atom is 0.0590 e. The third kappa shape index (κ3) is 2.13. The Labute approximate surface area is 158 Å². The molecule has 0 aliphatic rings. The average molecular weight is 350 g/mol. The molecule has 0 fully saturated rings. The Morgan fingerprint density at radius 2 is 1.37 bits per heavy atom. The van der Waals surface area contributed by atoms with Crippen molar-refractivity contribution in [1.82, 2.24) is 9.55 Å². The first-order valence-electron chi connectivity index (χ1n) is 9.61. The number of aromatic amines is 1. The topological polar surface area (TPSA) is 20.7 Å². The van der Waals surface area contributed by atoms with Crippen molar-refractivity contribution in [3.8, 4) is 0 Å². The lowest BCUT2D eigenvalue weighted by atomic mass is 10.0. The van der Waals surface area contributed by atoms with Gasteiger partial charge in [0.1, 0.15) is 0 Å². The number of nitrogens with zero attached hydrogens (tertiary/aromatic N) is 1. The van der Waals surface area contributed by atoms with E-state index < -0.39 is 0 Å². The SMILES string of the molecule is CC.Cn1c2ccccc2c2ccc3[nH]c4cc5ccccc5cc4c3c21. The van der Waals surface area contributed by atoms with Crippen LogP contribution in [0.1, 0.15) is 13.8 Å². The Bertz CT molecular complexity index is 1450. The summed E-state index contributed by atoms with van der Waals surface area (Å²) in [5, 5.41) is 7.81. The van der Waals surface area contributed by atoms with E-state index in [0.717, 1.165) is 0 Å². The summed E-state index contributed by atoms with van der Waals surface area (Å²) in [5.41, 5.74) is 4.98. The Morgan fingerprint density at radius 3 is 2.19 bits per heavy atom. The van der Waals surface area contributed by atoms with Crippen molar-refractivity contribution in [2.45, 2.75) is 13.8 Å². The summed E-state index contributed by atoms with van der Waals surface area (Å²) >= 11 is 0. The summed E-state index contributed by atoms with van der Waals surface area (Å²) in [6, 6.07) is 26.3. The molecule has 2 nitrogen and oxygen atoms in total. The van der Waals surface area contributed by atoms with Gasteiger partial charge in [-0.15, -0.1) is 0 Å². The number of nitrogens with one attached hydrogen (secondary N) is 1. The molecule has 0 unspecified atom stereocenters. The van der Waals surface area contributed by atoms with Crippen molar-refractivity contribution in [1.29, 1.82) is 0 Å². The molecule has 6 aromatic rings.